The van der Waals surface area contributed by atoms with E-state index in [1.54, 1.807) is 13.2 Å². The number of hydrogen-bond acceptors (Lipinski definition) is 6. The molecular weight excluding hydrogens is 430 g/mol. The van der Waals surface area contributed by atoms with Crippen LogP contribution in [0.25, 0.3) is 5.69 Å². The summed E-state index contributed by atoms with van der Waals surface area (Å²) in [5.74, 6) is 1.93. The van der Waals surface area contributed by atoms with Crippen molar-refractivity contribution in [2.24, 2.45) is 0 Å². The van der Waals surface area contributed by atoms with Gasteiger partial charge in [0.2, 0.25) is 5.88 Å². The fourth-order valence-corrected chi connectivity index (χ4v) is 3.97. The van der Waals surface area contributed by atoms with Crippen molar-refractivity contribution in [2.75, 3.05) is 26.9 Å². The molecule has 0 unspecified atom stereocenters. The second-order valence-electron chi connectivity index (χ2n) is 8.51. The average molecular weight is 464 g/mol. The van der Waals surface area contributed by atoms with Crippen LogP contribution in [-0.4, -0.2) is 58.8 Å². The van der Waals surface area contributed by atoms with E-state index in [2.05, 4.69) is 11.5 Å². The van der Waals surface area contributed by atoms with E-state index in [0.717, 1.165) is 29.8 Å². The molecule has 1 aliphatic rings. The first-order valence-corrected chi connectivity index (χ1v) is 11.7. The maximum absolute atomic E-state index is 10.6. The summed E-state index contributed by atoms with van der Waals surface area (Å²) < 4.78 is 19.3. The number of methoxy groups -OCH3 is 1. The van der Waals surface area contributed by atoms with Crippen molar-refractivity contribution in [3.8, 4) is 23.1 Å². The molecule has 0 radical (unpaired) electrons. The Labute approximate surface area is 201 Å². The molecule has 1 heterocycles. The van der Waals surface area contributed by atoms with Gasteiger partial charge in [0.1, 0.15) is 0 Å². The zero-order chi connectivity index (χ0) is 23.9. The minimum atomic E-state index is -0.580. The van der Waals surface area contributed by atoms with Gasteiger partial charge < -0.3 is 19.3 Å². The SMILES string of the molecule is C=CCOC[C@@H](O)CN(Cc1c(C)nn(-c2ccccc2)c1Oc1ccccc1OC)C1CC1. The quantitative estimate of drug-likeness (QED) is 0.297. The Morgan fingerprint density at radius 3 is 2.53 bits per heavy atom. The zero-order valence-corrected chi connectivity index (χ0v) is 19.9. The smallest absolute Gasteiger partial charge is 0.227 e. The summed E-state index contributed by atoms with van der Waals surface area (Å²) in [5, 5.41) is 15.4. The summed E-state index contributed by atoms with van der Waals surface area (Å²) in [6.07, 6.45) is 3.35. The predicted molar refractivity (Wildman–Crippen MR) is 132 cm³/mol. The molecule has 1 aromatic heterocycles. The van der Waals surface area contributed by atoms with Gasteiger partial charge in [-0.15, -0.1) is 6.58 Å². The van der Waals surface area contributed by atoms with Crippen LogP contribution >= 0.6 is 0 Å². The second-order valence-corrected chi connectivity index (χ2v) is 8.51. The van der Waals surface area contributed by atoms with E-state index >= 15 is 0 Å². The van der Waals surface area contributed by atoms with Crippen LogP contribution in [0.1, 0.15) is 24.1 Å². The third-order valence-electron chi connectivity index (χ3n) is 5.83. The van der Waals surface area contributed by atoms with Gasteiger partial charge in [-0.3, -0.25) is 4.90 Å². The highest BCUT2D eigenvalue weighted by atomic mass is 16.5. The summed E-state index contributed by atoms with van der Waals surface area (Å²) >= 11 is 0. The van der Waals surface area contributed by atoms with E-state index in [0.29, 0.717) is 43.1 Å². The van der Waals surface area contributed by atoms with Gasteiger partial charge in [-0.25, -0.2) is 4.68 Å². The van der Waals surface area contributed by atoms with Gasteiger partial charge in [-0.1, -0.05) is 36.4 Å². The molecule has 3 aromatic rings. The van der Waals surface area contributed by atoms with Gasteiger partial charge >= 0.3 is 0 Å². The molecule has 2 aromatic carbocycles. The molecule has 4 rings (SSSR count). The fraction of sp³-hybridized carbons (Fsp3) is 0.370. The zero-order valence-electron chi connectivity index (χ0n) is 19.9. The molecule has 1 fully saturated rings. The number of aliphatic hydroxyl groups excluding tert-OH is 1. The number of para-hydroxylation sites is 3. The minimum Gasteiger partial charge on any atom is -0.493 e. The summed E-state index contributed by atoms with van der Waals surface area (Å²) in [7, 11) is 1.63. The Kier molecular flexibility index (Phi) is 8.00. The first kappa shape index (κ1) is 24.0. The van der Waals surface area contributed by atoms with Crippen LogP contribution < -0.4 is 9.47 Å². The Morgan fingerprint density at radius 1 is 1.15 bits per heavy atom. The van der Waals surface area contributed by atoms with Gasteiger partial charge in [0.15, 0.2) is 11.5 Å². The van der Waals surface area contributed by atoms with Crippen molar-refractivity contribution < 1.29 is 19.3 Å². The van der Waals surface area contributed by atoms with Crippen molar-refractivity contribution in [1.29, 1.82) is 0 Å². The summed E-state index contributed by atoms with van der Waals surface area (Å²) in [4.78, 5) is 2.30. The summed E-state index contributed by atoms with van der Waals surface area (Å²) in [6.45, 7) is 7.50. The Morgan fingerprint density at radius 2 is 1.85 bits per heavy atom. The predicted octanol–water partition coefficient (Wildman–Crippen LogP) is 4.51. The molecule has 7 heteroatoms. The van der Waals surface area contributed by atoms with E-state index in [-0.39, 0.29) is 6.61 Å². The van der Waals surface area contributed by atoms with Gasteiger partial charge in [0.25, 0.3) is 0 Å². The molecule has 7 nitrogen and oxygen atoms in total. The van der Waals surface area contributed by atoms with Gasteiger partial charge in [0, 0.05) is 19.1 Å². The molecule has 0 aliphatic heterocycles. The highest BCUT2D eigenvalue weighted by Crippen LogP contribution is 2.37. The van der Waals surface area contributed by atoms with Gasteiger partial charge in [-0.05, 0) is 44.0 Å². The summed E-state index contributed by atoms with van der Waals surface area (Å²) in [5.41, 5.74) is 2.79. The summed E-state index contributed by atoms with van der Waals surface area (Å²) in [6, 6.07) is 18.0. The molecule has 0 saturated heterocycles. The van der Waals surface area contributed by atoms with Crippen molar-refractivity contribution in [3.05, 3.63) is 78.5 Å². The first-order valence-electron chi connectivity index (χ1n) is 11.7. The number of aromatic nitrogens is 2. The fourth-order valence-electron chi connectivity index (χ4n) is 3.97. The monoisotopic (exact) mass is 463 g/mol. The van der Waals surface area contributed by atoms with E-state index in [1.807, 2.05) is 66.2 Å². The van der Waals surface area contributed by atoms with Crippen molar-refractivity contribution >= 4 is 0 Å². The third kappa shape index (κ3) is 5.86. The molecular formula is C27H33N3O4. The van der Waals surface area contributed by atoms with Crippen LogP contribution in [0.2, 0.25) is 0 Å². The molecule has 1 aliphatic carbocycles. The molecule has 1 saturated carbocycles. The second kappa shape index (κ2) is 11.3. The molecule has 0 amide bonds. The van der Waals surface area contributed by atoms with Crippen molar-refractivity contribution in [3.63, 3.8) is 0 Å². The van der Waals surface area contributed by atoms with Crippen molar-refractivity contribution in [2.45, 2.75) is 38.5 Å². The lowest BCUT2D eigenvalue weighted by Gasteiger charge is -2.25. The van der Waals surface area contributed by atoms with Crippen LogP contribution in [0.4, 0.5) is 0 Å². The molecule has 180 valence electrons. The van der Waals surface area contributed by atoms with E-state index in [1.165, 1.54) is 0 Å². The molecule has 1 atom stereocenters. The number of hydrogen-bond donors (Lipinski definition) is 1. The van der Waals surface area contributed by atoms with E-state index < -0.39 is 6.10 Å². The number of aliphatic hydroxyl groups is 1. The third-order valence-corrected chi connectivity index (χ3v) is 5.83. The number of rotatable bonds is 13. The maximum Gasteiger partial charge on any atom is 0.227 e. The maximum atomic E-state index is 10.6. The lowest BCUT2D eigenvalue weighted by molar-refractivity contribution is 0.0226. The largest absolute Gasteiger partial charge is 0.493 e. The number of nitrogens with zero attached hydrogens (tertiary/aromatic N) is 3. The standard InChI is InChI=1S/C27H33N3O4/c1-4-16-33-19-23(31)17-29(21-14-15-21)18-24-20(2)28-30(22-10-6-5-7-11-22)27(24)34-26-13-9-8-12-25(26)32-3/h4-13,21,23,31H,1,14-19H2,2-3H3/t23-/m0/s1. The van der Waals surface area contributed by atoms with Crippen LogP contribution in [-0.2, 0) is 11.3 Å². The van der Waals surface area contributed by atoms with Crippen LogP contribution in [0, 0.1) is 6.92 Å². The molecule has 0 spiro atoms. The normalized spacial score (nSPS) is 14.2. The lowest BCUT2D eigenvalue weighted by atomic mass is 10.2. The number of ether oxygens (including phenoxy) is 3. The average Bonchev–Trinajstić information content (AvgIpc) is 3.66. The topological polar surface area (TPSA) is 69.0 Å². The Balaban J connectivity index is 1.65. The highest BCUT2D eigenvalue weighted by molar-refractivity contribution is 5.47. The highest BCUT2D eigenvalue weighted by Gasteiger charge is 2.32. The Hall–Kier alpha value is -3.13. The van der Waals surface area contributed by atoms with Gasteiger partial charge in [0.05, 0.1) is 43.4 Å². The van der Waals surface area contributed by atoms with Crippen LogP contribution in [0.3, 0.4) is 0 Å². The van der Waals surface area contributed by atoms with Crippen LogP contribution in [0.5, 0.6) is 17.4 Å². The van der Waals surface area contributed by atoms with Crippen molar-refractivity contribution in [1.82, 2.24) is 14.7 Å². The minimum absolute atomic E-state index is 0.280. The number of benzene rings is 2. The number of aryl methyl sites for hydroxylation is 1. The lowest BCUT2D eigenvalue weighted by Crippen LogP contribution is -2.36. The Bertz CT molecular complexity index is 1080. The van der Waals surface area contributed by atoms with E-state index in [9.17, 15) is 5.11 Å². The van der Waals surface area contributed by atoms with Crippen LogP contribution in [0.15, 0.2) is 67.3 Å². The first-order chi connectivity index (χ1) is 16.6. The van der Waals surface area contributed by atoms with Gasteiger partial charge in [-0.2, -0.15) is 5.10 Å². The molecule has 34 heavy (non-hydrogen) atoms. The molecule has 1 N–H and O–H groups in total. The molecule has 0 bridgehead atoms. The van der Waals surface area contributed by atoms with E-state index in [4.69, 9.17) is 19.3 Å².